The number of ether oxygens (including phenoxy) is 1. The Morgan fingerprint density at radius 3 is 2.44 bits per heavy atom. The lowest BCUT2D eigenvalue weighted by Gasteiger charge is -2.20. The lowest BCUT2D eigenvalue weighted by atomic mass is 10.1. The molecule has 0 fully saturated rings. The van der Waals surface area contributed by atoms with Gasteiger partial charge < -0.3 is 15.8 Å². The molecule has 0 aliphatic rings. The Labute approximate surface area is 112 Å². The second-order valence-electron chi connectivity index (χ2n) is 5.04. The molecule has 1 rings (SSSR count). The Morgan fingerprint density at radius 2 is 1.94 bits per heavy atom. The van der Waals surface area contributed by atoms with Crippen molar-refractivity contribution in [2.45, 2.75) is 32.4 Å². The third-order valence-corrected chi connectivity index (χ3v) is 2.42. The van der Waals surface area contributed by atoms with Crippen molar-refractivity contribution in [2.75, 3.05) is 6.54 Å². The van der Waals surface area contributed by atoms with E-state index in [-0.39, 0.29) is 6.04 Å². The van der Waals surface area contributed by atoms with Crippen LogP contribution in [-0.2, 0) is 4.74 Å². The van der Waals surface area contributed by atoms with Gasteiger partial charge in [0.25, 0.3) is 0 Å². The van der Waals surface area contributed by atoms with Gasteiger partial charge in [0.05, 0.1) is 0 Å². The van der Waals surface area contributed by atoms with Crippen LogP contribution < -0.4 is 11.1 Å². The first-order valence-corrected chi connectivity index (χ1v) is 6.13. The Morgan fingerprint density at radius 1 is 1.39 bits per heavy atom. The van der Waals surface area contributed by atoms with Gasteiger partial charge in [0.2, 0.25) is 0 Å². The van der Waals surface area contributed by atoms with Gasteiger partial charge in [0.1, 0.15) is 5.60 Å². The predicted molar refractivity (Wildman–Crippen MR) is 72.6 cm³/mol. The highest BCUT2D eigenvalue weighted by Gasteiger charge is 2.16. The fourth-order valence-electron chi connectivity index (χ4n) is 1.34. The summed E-state index contributed by atoms with van der Waals surface area (Å²) in [5.41, 5.74) is 6.35. The first-order valence-electron chi connectivity index (χ1n) is 5.76. The molecule has 0 saturated carbocycles. The van der Waals surface area contributed by atoms with Crippen molar-refractivity contribution in [1.29, 1.82) is 0 Å². The monoisotopic (exact) mass is 270 g/mol. The van der Waals surface area contributed by atoms with E-state index in [0.717, 1.165) is 5.56 Å². The van der Waals surface area contributed by atoms with E-state index < -0.39 is 11.7 Å². The van der Waals surface area contributed by atoms with Crippen molar-refractivity contribution >= 4 is 17.7 Å². The number of nitrogens with one attached hydrogen (secondary N) is 1. The fourth-order valence-corrected chi connectivity index (χ4v) is 1.46. The average Bonchev–Trinajstić information content (AvgIpc) is 2.24. The number of halogens is 1. The molecule has 0 spiro atoms. The summed E-state index contributed by atoms with van der Waals surface area (Å²) in [6.07, 6.45) is -0.466. The number of carbonyl (C=O) groups is 1. The van der Waals surface area contributed by atoms with Crippen LogP contribution in [0, 0.1) is 0 Å². The Kier molecular flexibility index (Phi) is 4.99. The van der Waals surface area contributed by atoms with Crippen LogP contribution in [-0.4, -0.2) is 18.2 Å². The number of hydrogen-bond donors (Lipinski definition) is 2. The van der Waals surface area contributed by atoms with Crippen molar-refractivity contribution in [2.24, 2.45) is 5.73 Å². The molecule has 0 bridgehead atoms. The number of nitrogens with two attached hydrogens (primary N) is 1. The summed E-state index contributed by atoms with van der Waals surface area (Å²) >= 11 is 5.79. The number of hydrogen-bond acceptors (Lipinski definition) is 3. The zero-order valence-corrected chi connectivity index (χ0v) is 11.6. The number of benzene rings is 1. The highest BCUT2D eigenvalue weighted by Crippen LogP contribution is 2.14. The molecule has 3 N–H and O–H groups in total. The summed E-state index contributed by atoms with van der Waals surface area (Å²) in [6, 6.07) is 6.93. The van der Waals surface area contributed by atoms with Crippen LogP contribution in [0.2, 0.25) is 5.02 Å². The highest BCUT2D eigenvalue weighted by molar-refractivity contribution is 6.30. The topological polar surface area (TPSA) is 64.3 Å². The van der Waals surface area contributed by atoms with E-state index in [0.29, 0.717) is 11.6 Å². The average molecular weight is 271 g/mol. The minimum absolute atomic E-state index is 0.283. The van der Waals surface area contributed by atoms with E-state index in [1.807, 2.05) is 32.9 Å². The van der Waals surface area contributed by atoms with Gasteiger partial charge in [-0.15, -0.1) is 0 Å². The Balaban J connectivity index is 2.44. The maximum Gasteiger partial charge on any atom is 0.407 e. The molecule has 1 aromatic rings. The van der Waals surface area contributed by atoms with Crippen LogP contribution in [0.25, 0.3) is 0 Å². The molecule has 100 valence electrons. The first-order chi connectivity index (χ1) is 8.28. The van der Waals surface area contributed by atoms with E-state index >= 15 is 0 Å². The predicted octanol–water partition coefficient (Wildman–Crippen LogP) is 2.86. The van der Waals surface area contributed by atoms with Crippen LogP contribution in [0.5, 0.6) is 0 Å². The number of alkyl carbamates (subject to hydrolysis) is 1. The van der Waals surface area contributed by atoms with E-state index in [2.05, 4.69) is 5.32 Å². The van der Waals surface area contributed by atoms with Crippen molar-refractivity contribution in [3.8, 4) is 0 Å². The second-order valence-corrected chi connectivity index (χ2v) is 5.48. The molecule has 0 radical (unpaired) electrons. The molecule has 0 heterocycles. The molecule has 0 aliphatic heterocycles. The summed E-state index contributed by atoms with van der Waals surface area (Å²) < 4.78 is 5.12. The van der Waals surface area contributed by atoms with Crippen molar-refractivity contribution in [3.05, 3.63) is 34.9 Å². The lowest BCUT2D eigenvalue weighted by Crippen LogP contribution is -2.36. The summed E-state index contributed by atoms with van der Waals surface area (Å²) in [5, 5.41) is 3.29. The van der Waals surface area contributed by atoms with Crippen LogP contribution in [0.4, 0.5) is 4.79 Å². The van der Waals surface area contributed by atoms with Crippen LogP contribution in [0.15, 0.2) is 24.3 Å². The molecule has 18 heavy (non-hydrogen) atoms. The molecular formula is C13H19ClN2O2. The van der Waals surface area contributed by atoms with Gasteiger partial charge in [-0.2, -0.15) is 0 Å². The summed E-state index contributed by atoms with van der Waals surface area (Å²) in [5.74, 6) is 0. The lowest BCUT2D eigenvalue weighted by molar-refractivity contribution is 0.0524. The van der Waals surface area contributed by atoms with Gasteiger partial charge >= 0.3 is 6.09 Å². The Bertz CT molecular complexity index is 398. The van der Waals surface area contributed by atoms with Crippen LogP contribution in [0.1, 0.15) is 32.4 Å². The molecule has 1 aromatic carbocycles. The minimum atomic E-state index is -0.506. The van der Waals surface area contributed by atoms with Crippen molar-refractivity contribution in [1.82, 2.24) is 5.32 Å². The largest absolute Gasteiger partial charge is 0.444 e. The van der Waals surface area contributed by atoms with E-state index in [9.17, 15) is 4.79 Å². The van der Waals surface area contributed by atoms with E-state index in [1.165, 1.54) is 0 Å². The third kappa shape index (κ3) is 5.38. The summed E-state index contributed by atoms with van der Waals surface area (Å²) in [7, 11) is 0. The molecular weight excluding hydrogens is 252 g/mol. The van der Waals surface area contributed by atoms with Gasteiger partial charge in [0.15, 0.2) is 0 Å². The fraction of sp³-hybridized carbons (Fsp3) is 0.462. The van der Waals surface area contributed by atoms with E-state index in [4.69, 9.17) is 22.1 Å². The maximum atomic E-state index is 11.4. The van der Waals surface area contributed by atoms with Gasteiger partial charge in [-0.1, -0.05) is 23.7 Å². The van der Waals surface area contributed by atoms with Gasteiger partial charge in [-0.3, -0.25) is 0 Å². The van der Waals surface area contributed by atoms with E-state index in [1.54, 1.807) is 12.1 Å². The molecule has 0 aromatic heterocycles. The maximum absolute atomic E-state index is 11.4. The smallest absolute Gasteiger partial charge is 0.407 e. The summed E-state index contributed by atoms with van der Waals surface area (Å²) in [6.45, 7) is 5.75. The second kappa shape index (κ2) is 6.07. The molecule has 0 saturated heterocycles. The molecule has 4 nitrogen and oxygen atoms in total. The third-order valence-electron chi connectivity index (χ3n) is 2.16. The molecule has 1 amide bonds. The zero-order valence-electron chi connectivity index (χ0n) is 10.9. The molecule has 1 atom stereocenters. The number of carbonyl (C=O) groups excluding carboxylic acids is 1. The normalized spacial score (nSPS) is 12.9. The molecule has 0 aliphatic carbocycles. The van der Waals surface area contributed by atoms with Gasteiger partial charge in [0, 0.05) is 17.6 Å². The molecule has 0 unspecified atom stereocenters. The van der Waals surface area contributed by atoms with Gasteiger partial charge in [-0.05, 0) is 38.5 Å². The highest BCUT2D eigenvalue weighted by atomic mass is 35.5. The summed E-state index contributed by atoms with van der Waals surface area (Å²) in [4.78, 5) is 11.4. The molecule has 5 heteroatoms. The SMILES string of the molecule is CC(C)(C)OC(=O)NC[C@H](N)c1ccc(Cl)cc1. The van der Waals surface area contributed by atoms with Crippen LogP contribution >= 0.6 is 11.6 Å². The van der Waals surface area contributed by atoms with Gasteiger partial charge in [-0.25, -0.2) is 4.79 Å². The standard InChI is InChI=1S/C13H19ClN2O2/c1-13(2,3)18-12(17)16-8-11(15)9-4-6-10(14)7-5-9/h4-7,11H,8,15H2,1-3H3,(H,16,17)/t11-/m0/s1. The van der Waals surface area contributed by atoms with Crippen LogP contribution in [0.3, 0.4) is 0 Å². The van der Waals surface area contributed by atoms with Crippen molar-refractivity contribution < 1.29 is 9.53 Å². The first kappa shape index (κ1) is 14.8. The minimum Gasteiger partial charge on any atom is -0.444 e. The Hall–Kier alpha value is -1.26. The zero-order chi connectivity index (χ0) is 13.8. The number of amides is 1. The number of rotatable bonds is 3. The van der Waals surface area contributed by atoms with Crippen molar-refractivity contribution in [3.63, 3.8) is 0 Å². The quantitative estimate of drug-likeness (QED) is 0.888.